The predicted octanol–water partition coefficient (Wildman–Crippen LogP) is 5.37. The third-order valence-corrected chi connectivity index (χ3v) is 5.83. The van der Waals surface area contributed by atoms with Crippen LogP contribution in [0, 0.1) is 11.3 Å². The van der Waals surface area contributed by atoms with Crippen LogP contribution in [0.25, 0.3) is 6.08 Å². The number of rotatable bonds is 8. The van der Waals surface area contributed by atoms with Crippen molar-refractivity contribution in [2.75, 3.05) is 6.61 Å². The van der Waals surface area contributed by atoms with Gasteiger partial charge in [-0.3, -0.25) is 14.5 Å². The number of carbonyl (C=O) groups excluding carboxylic acids is 2. The van der Waals surface area contributed by atoms with Crippen LogP contribution in [0.15, 0.2) is 47.4 Å². The van der Waals surface area contributed by atoms with Gasteiger partial charge in [-0.25, -0.2) is 0 Å². The van der Waals surface area contributed by atoms with Crippen molar-refractivity contribution in [2.24, 2.45) is 0 Å². The van der Waals surface area contributed by atoms with Gasteiger partial charge in [0, 0.05) is 11.6 Å². The van der Waals surface area contributed by atoms with E-state index in [9.17, 15) is 14.9 Å². The lowest BCUT2D eigenvalue weighted by Gasteiger charge is -2.19. The molecule has 1 aliphatic heterocycles. The standard InChI is InChI=1S/C24H24N2O4S/c1-4-16(3)26-23(27)22(31-24(26)28)13-17-10-11-20(21(12-17)29-5-2)30-15-19-9-7-6-8-18(19)14-25/h6-13,16H,4-5,15H2,1-3H3/b22-13+/t16-/m1/s1. The number of hydrogen-bond donors (Lipinski definition) is 0. The first-order valence-corrected chi connectivity index (χ1v) is 10.9. The van der Waals surface area contributed by atoms with E-state index >= 15 is 0 Å². The Kier molecular flexibility index (Phi) is 7.37. The molecule has 0 bridgehead atoms. The van der Waals surface area contributed by atoms with Crippen molar-refractivity contribution in [2.45, 2.75) is 39.8 Å². The number of ether oxygens (including phenoxy) is 2. The van der Waals surface area contributed by atoms with E-state index in [1.54, 1.807) is 24.3 Å². The number of benzene rings is 2. The second-order valence-corrected chi connectivity index (χ2v) is 8.00. The van der Waals surface area contributed by atoms with Gasteiger partial charge in [0.25, 0.3) is 11.1 Å². The van der Waals surface area contributed by atoms with E-state index in [0.29, 0.717) is 35.0 Å². The number of thioether (sulfide) groups is 1. The lowest BCUT2D eigenvalue weighted by atomic mass is 10.1. The summed E-state index contributed by atoms with van der Waals surface area (Å²) in [4.78, 5) is 26.6. The summed E-state index contributed by atoms with van der Waals surface area (Å²) in [5.41, 5.74) is 2.09. The highest BCUT2D eigenvalue weighted by molar-refractivity contribution is 8.18. The Bertz CT molecular complexity index is 1060. The Morgan fingerprint density at radius 1 is 1.13 bits per heavy atom. The molecule has 7 heteroatoms. The van der Waals surface area contributed by atoms with Crippen LogP contribution in [0.3, 0.4) is 0 Å². The lowest BCUT2D eigenvalue weighted by Crippen LogP contribution is -2.36. The van der Waals surface area contributed by atoms with E-state index in [1.165, 1.54) is 4.90 Å². The summed E-state index contributed by atoms with van der Waals surface area (Å²) in [6.07, 6.45) is 2.41. The van der Waals surface area contributed by atoms with Crippen LogP contribution < -0.4 is 9.47 Å². The summed E-state index contributed by atoms with van der Waals surface area (Å²) < 4.78 is 11.6. The Hall–Kier alpha value is -3.24. The molecule has 1 heterocycles. The summed E-state index contributed by atoms with van der Waals surface area (Å²) in [6.45, 7) is 6.36. The topological polar surface area (TPSA) is 79.6 Å². The quantitative estimate of drug-likeness (QED) is 0.518. The summed E-state index contributed by atoms with van der Waals surface area (Å²) >= 11 is 0.951. The molecule has 2 aromatic carbocycles. The SMILES string of the molecule is CCOc1cc(/C=C2/SC(=O)N([C@H](C)CC)C2=O)ccc1OCc1ccccc1C#N. The average Bonchev–Trinajstić information content (AvgIpc) is 3.05. The number of imide groups is 1. The first-order valence-electron chi connectivity index (χ1n) is 10.1. The Balaban J connectivity index is 1.82. The minimum Gasteiger partial charge on any atom is -0.490 e. The number of hydrogen-bond acceptors (Lipinski definition) is 6. The highest BCUT2D eigenvalue weighted by Gasteiger charge is 2.37. The van der Waals surface area contributed by atoms with Gasteiger partial charge in [-0.2, -0.15) is 5.26 Å². The molecular weight excluding hydrogens is 412 g/mol. The molecule has 1 fully saturated rings. The molecule has 160 valence electrons. The van der Waals surface area contributed by atoms with Crippen LogP contribution in [-0.2, 0) is 11.4 Å². The molecule has 2 aromatic rings. The van der Waals surface area contributed by atoms with E-state index in [0.717, 1.165) is 22.9 Å². The molecule has 3 rings (SSSR count). The average molecular weight is 437 g/mol. The molecule has 6 nitrogen and oxygen atoms in total. The van der Waals surface area contributed by atoms with Gasteiger partial charge in [-0.05, 0) is 61.9 Å². The number of carbonyl (C=O) groups is 2. The molecule has 0 aromatic heterocycles. The molecule has 1 aliphatic rings. The zero-order chi connectivity index (χ0) is 22.4. The highest BCUT2D eigenvalue weighted by atomic mass is 32.2. The fourth-order valence-corrected chi connectivity index (χ4v) is 4.04. The fraction of sp³-hybridized carbons (Fsp3) is 0.292. The largest absolute Gasteiger partial charge is 0.490 e. The molecule has 0 saturated carbocycles. The van der Waals surface area contributed by atoms with E-state index in [2.05, 4.69) is 6.07 Å². The van der Waals surface area contributed by atoms with E-state index in [-0.39, 0.29) is 23.8 Å². The molecule has 2 amide bonds. The van der Waals surface area contributed by atoms with E-state index in [1.807, 2.05) is 45.0 Å². The summed E-state index contributed by atoms with van der Waals surface area (Å²) in [5.74, 6) is 0.807. The molecule has 0 N–H and O–H groups in total. The van der Waals surface area contributed by atoms with Crippen LogP contribution >= 0.6 is 11.8 Å². The van der Waals surface area contributed by atoms with Gasteiger partial charge in [-0.15, -0.1) is 0 Å². The van der Waals surface area contributed by atoms with Crippen molar-refractivity contribution in [3.63, 3.8) is 0 Å². The van der Waals surface area contributed by atoms with Crippen LogP contribution in [-0.4, -0.2) is 28.7 Å². The molecule has 1 saturated heterocycles. The number of nitrogens with zero attached hydrogens (tertiary/aromatic N) is 2. The number of nitriles is 1. The van der Waals surface area contributed by atoms with Crippen LogP contribution in [0.4, 0.5) is 4.79 Å². The van der Waals surface area contributed by atoms with Crippen molar-refractivity contribution >= 4 is 29.0 Å². The van der Waals surface area contributed by atoms with E-state index < -0.39 is 0 Å². The van der Waals surface area contributed by atoms with Gasteiger partial charge >= 0.3 is 0 Å². The van der Waals surface area contributed by atoms with Crippen LogP contribution in [0.5, 0.6) is 11.5 Å². The third-order valence-electron chi connectivity index (χ3n) is 4.94. The molecule has 31 heavy (non-hydrogen) atoms. The molecule has 0 unspecified atom stereocenters. The third kappa shape index (κ3) is 5.09. The monoisotopic (exact) mass is 436 g/mol. The molecule has 1 atom stereocenters. The first-order chi connectivity index (χ1) is 15.0. The second-order valence-electron chi connectivity index (χ2n) is 7.01. The molecule has 0 spiro atoms. The summed E-state index contributed by atoms with van der Waals surface area (Å²) in [7, 11) is 0. The number of amides is 2. The van der Waals surface area contributed by atoms with Gasteiger partial charge in [0.15, 0.2) is 11.5 Å². The Morgan fingerprint density at radius 3 is 2.61 bits per heavy atom. The zero-order valence-corrected chi connectivity index (χ0v) is 18.6. The van der Waals surface area contributed by atoms with Gasteiger partial charge in [0.05, 0.1) is 23.1 Å². The minimum absolute atomic E-state index is 0.135. The van der Waals surface area contributed by atoms with Crippen LogP contribution in [0.2, 0.25) is 0 Å². The van der Waals surface area contributed by atoms with Crippen molar-refractivity contribution < 1.29 is 19.1 Å². The smallest absolute Gasteiger partial charge is 0.293 e. The van der Waals surface area contributed by atoms with Gasteiger partial charge in [0.1, 0.15) is 6.61 Å². The molecule has 0 aliphatic carbocycles. The molecule has 0 radical (unpaired) electrons. The minimum atomic E-state index is -0.268. The fourth-order valence-electron chi connectivity index (χ4n) is 3.11. The highest BCUT2D eigenvalue weighted by Crippen LogP contribution is 2.36. The maximum atomic E-state index is 12.7. The maximum absolute atomic E-state index is 12.7. The first kappa shape index (κ1) is 22.4. The zero-order valence-electron chi connectivity index (χ0n) is 17.8. The maximum Gasteiger partial charge on any atom is 0.293 e. The van der Waals surface area contributed by atoms with E-state index in [4.69, 9.17) is 9.47 Å². The van der Waals surface area contributed by atoms with Crippen molar-refractivity contribution in [3.05, 3.63) is 64.1 Å². The van der Waals surface area contributed by atoms with Crippen LogP contribution in [0.1, 0.15) is 43.9 Å². The lowest BCUT2D eigenvalue weighted by molar-refractivity contribution is -0.124. The molecular formula is C24H24N2O4S. The van der Waals surface area contributed by atoms with Crippen molar-refractivity contribution in [1.82, 2.24) is 4.90 Å². The summed E-state index contributed by atoms with van der Waals surface area (Å²) in [5, 5.41) is 9.00. The van der Waals surface area contributed by atoms with Crippen molar-refractivity contribution in [3.8, 4) is 17.6 Å². The Labute approximate surface area is 186 Å². The Morgan fingerprint density at radius 2 is 1.90 bits per heavy atom. The second kappa shape index (κ2) is 10.2. The summed E-state index contributed by atoms with van der Waals surface area (Å²) in [6, 6.07) is 14.7. The predicted molar refractivity (Wildman–Crippen MR) is 121 cm³/mol. The van der Waals surface area contributed by atoms with Gasteiger partial charge < -0.3 is 9.47 Å². The van der Waals surface area contributed by atoms with Gasteiger partial charge in [-0.1, -0.05) is 31.2 Å². The van der Waals surface area contributed by atoms with Crippen molar-refractivity contribution in [1.29, 1.82) is 5.26 Å². The normalized spacial score (nSPS) is 15.8. The van der Waals surface area contributed by atoms with Gasteiger partial charge in [0.2, 0.25) is 0 Å².